The van der Waals surface area contributed by atoms with E-state index in [2.05, 4.69) is 34.3 Å². The fourth-order valence-electron chi connectivity index (χ4n) is 3.64. The van der Waals surface area contributed by atoms with Gasteiger partial charge in [-0.1, -0.05) is 19.9 Å². The SMILES string of the molecule is COc1cccc(NC(=O)C2CCN(c3ccc4nnc(C(C)C)n4n3)CC2)c1. The Kier molecular flexibility index (Phi) is 5.33. The Morgan fingerprint density at radius 1 is 1.17 bits per heavy atom. The van der Waals surface area contributed by atoms with Crippen LogP contribution in [-0.4, -0.2) is 45.9 Å². The van der Waals surface area contributed by atoms with E-state index in [1.807, 2.05) is 40.9 Å². The van der Waals surface area contributed by atoms with Gasteiger partial charge in [-0.3, -0.25) is 4.79 Å². The monoisotopic (exact) mass is 394 g/mol. The number of fused-ring (bicyclic) bond motifs is 1. The number of nitrogens with one attached hydrogen (secondary N) is 1. The van der Waals surface area contributed by atoms with E-state index in [-0.39, 0.29) is 17.7 Å². The summed E-state index contributed by atoms with van der Waals surface area (Å²) < 4.78 is 7.04. The van der Waals surface area contributed by atoms with Crippen LogP contribution in [0.15, 0.2) is 36.4 Å². The summed E-state index contributed by atoms with van der Waals surface area (Å²) in [7, 11) is 1.62. The van der Waals surface area contributed by atoms with Crippen molar-refractivity contribution in [2.45, 2.75) is 32.6 Å². The molecule has 1 aromatic carbocycles. The van der Waals surface area contributed by atoms with E-state index in [0.29, 0.717) is 0 Å². The molecular weight excluding hydrogens is 368 g/mol. The quantitative estimate of drug-likeness (QED) is 0.716. The van der Waals surface area contributed by atoms with Gasteiger partial charge in [0.15, 0.2) is 11.5 Å². The molecule has 0 saturated carbocycles. The van der Waals surface area contributed by atoms with Gasteiger partial charge in [0.2, 0.25) is 5.91 Å². The lowest BCUT2D eigenvalue weighted by atomic mass is 9.96. The van der Waals surface area contributed by atoms with Gasteiger partial charge in [0.05, 0.1) is 7.11 Å². The molecule has 4 rings (SSSR count). The van der Waals surface area contributed by atoms with Gasteiger partial charge in [0.25, 0.3) is 0 Å². The van der Waals surface area contributed by atoms with Crippen LogP contribution in [0.1, 0.15) is 38.4 Å². The lowest BCUT2D eigenvalue weighted by Gasteiger charge is -2.32. The number of carbonyl (C=O) groups excluding carboxylic acids is 1. The van der Waals surface area contributed by atoms with E-state index >= 15 is 0 Å². The summed E-state index contributed by atoms with van der Waals surface area (Å²) in [5.41, 5.74) is 1.52. The molecule has 0 spiro atoms. The number of aromatic nitrogens is 4. The second-order valence-electron chi connectivity index (χ2n) is 7.66. The van der Waals surface area contributed by atoms with Gasteiger partial charge in [-0.05, 0) is 37.1 Å². The molecule has 0 atom stereocenters. The number of benzene rings is 1. The molecule has 2 aromatic heterocycles. The van der Waals surface area contributed by atoms with E-state index in [1.165, 1.54) is 0 Å². The Labute approximate surface area is 169 Å². The summed E-state index contributed by atoms with van der Waals surface area (Å²) in [6.45, 7) is 5.73. The van der Waals surface area contributed by atoms with Crippen molar-refractivity contribution in [2.75, 3.05) is 30.4 Å². The Morgan fingerprint density at radius 3 is 2.69 bits per heavy atom. The largest absolute Gasteiger partial charge is 0.497 e. The first kappa shape index (κ1) is 19.2. The molecule has 1 amide bonds. The molecule has 1 fully saturated rings. The Morgan fingerprint density at radius 2 is 1.97 bits per heavy atom. The lowest BCUT2D eigenvalue weighted by molar-refractivity contribution is -0.120. The van der Waals surface area contributed by atoms with E-state index in [4.69, 9.17) is 9.84 Å². The van der Waals surface area contributed by atoms with Crippen LogP contribution >= 0.6 is 0 Å². The topological polar surface area (TPSA) is 84.6 Å². The number of hydrogen-bond donors (Lipinski definition) is 1. The number of rotatable bonds is 5. The highest BCUT2D eigenvalue weighted by molar-refractivity contribution is 5.92. The van der Waals surface area contributed by atoms with Crippen molar-refractivity contribution >= 4 is 23.1 Å². The fraction of sp³-hybridized carbons (Fsp3) is 0.429. The molecule has 1 aliphatic heterocycles. The van der Waals surface area contributed by atoms with Crippen molar-refractivity contribution in [3.63, 3.8) is 0 Å². The van der Waals surface area contributed by atoms with Gasteiger partial charge >= 0.3 is 0 Å². The molecule has 8 nitrogen and oxygen atoms in total. The third kappa shape index (κ3) is 4.01. The average Bonchev–Trinajstić information content (AvgIpc) is 3.17. The summed E-state index contributed by atoms with van der Waals surface area (Å²) in [5, 5.41) is 16.2. The van der Waals surface area contributed by atoms with Gasteiger partial charge in [-0.25, -0.2) is 0 Å². The summed E-state index contributed by atoms with van der Waals surface area (Å²) in [6.07, 6.45) is 1.57. The van der Waals surface area contributed by atoms with Crippen molar-refractivity contribution in [2.24, 2.45) is 5.92 Å². The highest BCUT2D eigenvalue weighted by Gasteiger charge is 2.26. The minimum Gasteiger partial charge on any atom is -0.497 e. The molecule has 29 heavy (non-hydrogen) atoms. The zero-order valence-corrected chi connectivity index (χ0v) is 17.0. The van der Waals surface area contributed by atoms with Crippen LogP contribution in [0.3, 0.4) is 0 Å². The highest BCUT2D eigenvalue weighted by Crippen LogP contribution is 2.25. The van der Waals surface area contributed by atoms with Crippen LogP contribution in [0.4, 0.5) is 11.5 Å². The van der Waals surface area contributed by atoms with E-state index < -0.39 is 0 Å². The van der Waals surface area contributed by atoms with Crippen LogP contribution in [0.25, 0.3) is 5.65 Å². The standard InChI is InChI=1S/C21H26N6O2/c1-14(2)20-24-23-18-7-8-19(25-27(18)20)26-11-9-15(10-12-26)21(28)22-16-5-4-6-17(13-16)29-3/h4-8,13-15H,9-12H2,1-3H3,(H,22,28). The molecule has 0 radical (unpaired) electrons. The van der Waals surface area contributed by atoms with Crippen LogP contribution in [0.5, 0.6) is 5.75 Å². The molecule has 1 N–H and O–H groups in total. The maximum atomic E-state index is 12.7. The minimum atomic E-state index is -0.0117. The highest BCUT2D eigenvalue weighted by atomic mass is 16.5. The summed E-state index contributed by atoms with van der Waals surface area (Å²) in [6, 6.07) is 11.4. The Hall–Kier alpha value is -3.16. The second kappa shape index (κ2) is 8.06. The van der Waals surface area contributed by atoms with Gasteiger partial charge in [0.1, 0.15) is 11.6 Å². The number of nitrogens with zero attached hydrogens (tertiary/aromatic N) is 5. The number of anilines is 2. The van der Waals surface area contributed by atoms with Crippen molar-refractivity contribution < 1.29 is 9.53 Å². The summed E-state index contributed by atoms with van der Waals surface area (Å²) in [5.74, 6) is 2.78. The number of ether oxygens (including phenoxy) is 1. The summed E-state index contributed by atoms with van der Waals surface area (Å²) >= 11 is 0. The predicted molar refractivity (Wildman–Crippen MR) is 111 cm³/mol. The molecule has 3 aromatic rings. The Bertz CT molecular complexity index is 1010. The van der Waals surface area contributed by atoms with Gasteiger partial charge in [-0.2, -0.15) is 4.52 Å². The van der Waals surface area contributed by atoms with Crippen LogP contribution in [0, 0.1) is 5.92 Å². The van der Waals surface area contributed by atoms with Gasteiger partial charge in [0, 0.05) is 36.7 Å². The first-order valence-corrected chi connectivity index (χ1v) is 9.97. The average molecular weight is 394 g/mol. The van der Waals surface area contributed by atoms with E-state index in [9.17, 15) is 4.79 Å². The third-order valence-electron chi connectivity index (χ3n) is 5.32. The van der Waals surface area contributed by atoms with Crippen molar-refractivity contribution in [1.29, 1.82) is 0 Å². The van der Waals surface area contributed by atoms with Crippen LogP contribution < -0.4 is 15.0 Å². The summed E-state index contributed by atoms with van der Waals surface area (Å²) in [4.78, 5) is 14.9. The van der Waals surface area contributed by atoms with Crippen molar-refractivity contribution in [1.82, 2.24) is 19.8 Å². The van der Waals surface area contributed by atoms with E-state index in [0.717, 1.165) is 54.7 Å². The zero-order chi connectivity index (χ0) is 20.4. The number of hydrogen-bond acceptors (Lipinski definition) is 6. The number of piperidine rings is 1. The maximum Gasteiger partial charge on any atom is 0.227 e. The van der Waals surface area contributed by atoms with Crippen LogP contribution in [-0.2, 0) is 4.79 Å². The molecule has 0 bridgehead atoms. The molecule has 8 heteroatoms. The van der Waals surface area contributed by atoms with Crippen molar-refractivity contribution in [3.8, 4) is 5.75 Å². The second-order valence-corrected chi connectivity index (χ2v) is 7.66. The molecule has 1 saturated heterocycles. The number of carbonyl (C=O) groups is 1. The molecule has 3 heterocycles. The zero-order valence-electron chi connectivity index (χ0n) is 17.0. The number of amides is 1. The molecular formula is C21H26N6O2. The molecule has 152 valence electrons. The minimum absolute atomic E-state index is 0.0117. The fourth-order valence-corrected chi connectivity index (χ4v) is 3.64. The first-order chi connectivity index (χ1) is 14.0. The molecule has 0 aliphatic carbocycles. The smallest absolute Gasteiger partial charge is 0.227 e. The lowest BCUT2D eigenvalue weighted by Crippen LogP contribution is -2.38. The predicted octanol–water partition coefficient (Wildman–Crippen LogP) is 3.11. The number of methoxy groups -OCH3 is 1. The third-order valence-corrected chi connectivity index (χ3v) is 5.32. The maximum absolute atomic E-state index is 12.7. The first-order valence-electron chi connectivity index (χ1n) is 9.97. The van der Waals surface area contributed by atoms with Crippen molar-refractivity contribution in [3.05, 3.63) is 42.2 Å². The molecule has 0 unspecified atom stereocenters. The Balaban J connectivity index is 1.40. The molecule has 1 aliphatic rings. The van der Waals surface area contributed by atoms with Gasteiger partial charge in [-0.15, -0.1) is 15.3 Å². The van der Waals surface area contributed by atoms with Crippen LogP contribution in [0.2, 0.25) is 0 Å². The normalized spacial score (nSPS) is 15.1. The van der Waals surface area contributed by atoms with E-state index in [1.54, 1.807) is 7.11 Å². The van der Waals surface area contributed by atoms with Gasteiger partial charge < -0.3 is 15.0 Å².